The Morgan fingerprint density at radius 1 is 1.00 bits per heavy atom. The van der Waals surface area contributed by atoms with Gasteiger partial charge in [-0.05, 0) is 80.1 Å². The molecule has 1 heterocycles. The third-order valence-corrected chi connectivity index (χ3v) is 5.75. The number of benzene rings is 2. The van der Waals surface area contributed by atoms with Gasteiger partial charge < -0.3 is 19.8 Å². The summed E-state index contributed by atoms with van der Waals surface area (Å²) in [5, 5.41) is 4.71. The van der Waals surface area contributed by atoms with Crippen molar-refractivity contribution in [2.45, 2.75) is 50.8 Å². The zero-order valence-electron chi connectivity index (χ0n) is 18.9. The maximum Gasteiger partial charge on any atom is 0.418 e. The molecular formula is C26H25F3N2O4. The van der Waals surface area contributed by atoms with Gasteiger partial charge in [0.15, 0.2) is 5.76 Å². The Hall–Kier alpha value is -3.75. The number of amides is 2. The van der Waals surface area contributed by atoms with Crippen molar-refractivity contribution >= 4 is 23.2 Å². The fourth-order valence-corrected chi connectivity index (χ4v) is 4.01. The van der Waals surface area contributed by atoms with Crippen LogP contribution in [0.2, 0.25) is 0 Å². The lowest BCUT2D eigenvalue weighted by molar-refractivity contribution is -0.136. The van der Waals surface area contributed by atoms with Crippen LogP contribution in [-0.2, 0) is 17.4 Å². The van der Waals surface area contributed by atoms with E-state index < -0.39 is 23.6 Å². The normalized spacial score (nSPS) is 14.0. The molecule has 1 aromatic heterocycles. The van der Waals surface area contributed by atoms with Crippen LogP contribution >= 0.6 is 0 Å². The Labute approximate surface area is 200 Å². The number of hydrogen-bond donors (Lipinski definition) is 2. The third-order valence-electron chi connectivity index (χ3n) is 5.75. The zero-order chi connectivity index (χ0) is 24.8. The summed E-state index contributed by atoms with van der Waals surface area (Å²) in [5.74, 6) is -0.529. The molecule has 1 aliphatic rings. The molecule has 3 aromatic rings. The third kappa shape index (κ3) is 6.65. The summed E-state index contributed by atoms with van der Waals surface area (Å²) in [6, 6.07) is 13.5. The highest BCUT2D eigenvalue weighted by molar-refractivity contribution is 6.02. The molecule has 1 fully saturated rings. The van der Waals surface area contributed by atoms with Gasteiger partial charge in [-0.25, -0.2) is 0 Å². The van der Waals surface area contributed by atoms with Gasteiger partial charge in [-0.3, -0.25) is 9.59 Å². The average molecular weight is 486 g/mol. The second-order valence-electron chi connectivity index (χ2n) is 8.41. The van der Waals surface area contributed by atoms with E-state index in [-0.39, 0.29) is 29.7 Å². The number of rotatable bonds is 8. The lowest BCUT2D eigenvalue weighted by atomic mass is 10.1. The average Bonchev–Trinajstić information content (AvgIpc) is 3.53. The van der Waals surface area contributed by atoms with E-state index in [2.05, 4.69) is 10.6 Å². The molecular weight excluding hydrogens is 461 g/mol. The first kappa shape index (κ1) is 24.4. The summed E-state index contributed by atoms with van der Waals surface area (Å²) in [4.78, 5) is 24.5. The highest BCUT2D eigenvalue weighted by atomic mass is 19.4. The largest absolute Gasteiger partial charge is 0.490 e. The minimum absolute atomic E-state index is 0.00115. The molecule has 6 nitrogen and oxygen atoms in total. The van der Waals surface area contributed by atoms with E-state index in [0.29, 0.717) is 6.42 Å². The molecule has 1 aliphatic carbocycles. The monoisotopic (exact) mass is 486 g/mol. The molecule has 0 aliphatic heterocycles. The van der Waals surface area contributed by atoms with E-state index in [0.717, 1.165) is 49.1 Å². The fraction of sp³-hybridized carbons (Fsp3) is 0.308. The number of nitrogens with one attached hydrogen (secondary N) is 2. The van der Waals surface area contributed by atoms with E-state index >= 15 is 0 Å². The van der Waals surface area contributed by atoms with Crippen LogP contribution < -0.4 is 15.4 Å². The van der Waals surface area contributed by atoms with E-state index in [9.17, 15) is 22.8 Å². The maximum absolute atomic E-state index is 13.7. The van der Waals surface area contributed by atoms with Gasteiger partial charge in [-0.2, -0.15) is 13.2 Å². The SMILES string of the molecule is O=C(CCc1cccc(OC2CCCC2)c1)Nc1ccc(NC(=O)c2ccco2)cc1C(F)(F)F. The Morgan fingerprint density at radius 3 is 2.51 bits per heavy atom. The predicted octanol–water partition coefficient (Wildman–Crippen LogP) is 6.44. The number of ether oxygens (including phenoxy) is 1. The van der Waals surface area contributed by atoms with Gasteiger partial charge in [0.2, 0.25) is 5.91 Å². The summed E-state index contributed by atoms with van der Waals surface area (Å²) < 4.78 is 51.9. The number of carbonyl (C=O) groups excluding carboxylic acids is 2. The summed E-state index contributed by atoms with van der Waals surface area (Å²) >= 11 is 0. The Balaban J connectivity index is 1.38. The Bertz CT molecular complexity index is 1170. The molecule has 0 bridgehead atoms. The van der Waals surface area contributed by atoms with Crippen LogP contribution in [0.5, 0.6) is 5.75 Å². The molecule has 2 N–H and O–H groups in total. The van der Waals surface area contributed by atoms with Gasteiger partial charge in [-0.15, -0.1) is 0 Å². The molecule has 2 aromatic carbocycles. The number of hydrogen-bond acceptors (Lipinski definition) is 4. The minimum Gasteiger partial charge on any atom is -0.490 e. The second kappa shape index (κ2) is 10.7. The lowest BCUT2D eigenvalue weighted by Crippen LogP contribution is -2.18. The zero-order valence-corrected chi connectivity index (χ0v) is 18.9. The first-order valence-corrected chi connectivity index (χ1v) is 11.4. The van der Waals surface area contributed by atoms with Gasteiger partial charge >= 0.3 is 6.18 Å². The summed E-state index contributed by atoms with van der Waals surface area (Å²) in [6.07, 6.45) is 1.48. The van der Waals surface area contributed by atoms with Crippen LogP contribution in [0.3, 0.4) is 0 Å². The number of furan rings is 1. The van der Waals surface area contributed by atoms with Crippen LogP contribution in [0.25, 0.3) is 0 Å². The number of carbonyl (C=O) groups is 2. The van der Waals surface area contributed by atoms with E-state index in [4.69, 9.17) is 9.15 Å². The van der Waals surface area contributed by atoms with Gasteiger partial charge in [0.1, 0.15) is 5.75 Å². The van der Waals surface area contributed by atoms with E-state index in [1.54, 1.807) is 0 Å². The standard InChI is InChI=1S/C26H25F3N2O4/c27-26(28,29)21-16-18(30-25(33)23-9-4-14-34-23)11-12-22(21)31-24(32)13-10-17-5-3-8-20(15-17)35-19-6-1-2-7-19/h3-5,8-9,11-12,14-16,19H,1-2,6-7,10,13H2,(H,30,33)(H,31,32). The predicted molar refractivity (Wildman–Crippen MR) is 124 cm³/mol. The summed E-state index contributed by atoms with van der Waals surface area (Å²) in [6.45, 7) is 0. The van der Waals surface area contributed by atoms with Crippen LogP contribution in [0.15, 0.2) is 65.3 Å². The fourth-order valence-electron chi connectivity index (χ4n) is 4.01. The second-order valence-corrected chi connectivity index (χ2v) is 8.41. The first-order chi connectivity index (χ1) is 16.8. The number of halogens is 3. The molecule has 2 amide bonds. The van der Waals surface area contributed by atoms with Gasteiger partial charge in [0, 0.05) is 12.1 Å². The molecule has 0 radical (unpaired) electrons. The van der Waals surface area contributed by atoms with Crippen molar-refractivity contribution in [3.63, 3.8) is 0 Å². The molecule has 0 atom stereocenters. The van der Waals surface area contributed by atoms with Crippen molar-refractivity contribution in [3.05, 3.63) is 77.7 Å². The summed E-state index contributed by atoms with van der Waals surface area (Å²) in [7, 11) is 0. The summed E-state index contributed by atoms with van der Waals surface area (Å²) in [5.41, 5.74) is -0.648. The minimum atomic E-state index is -4.74. The van der Waals surface area contributed by atoms with E-state index in [1.807, 2.05) is 24.3 Å². The molecule has 0 spiro atoms. The topological polar surface area (TPSA) is 80.6 Å². The van der Waals surface area contributed by atoms with Crippen molar-refractivity contribution in [1.82, 2.24) is 0 Å². The van der Waals surface area contributed by atoms with Gasteiger partial charge in [-0.1, -0.05) is 12.1 Å². The highest BCUT2D eigenvalue weighted by Gasteiger charge is 2.34. The van der Waals surface area contributed by atoms with Crippen molar-refractivity contribution in [2.75, 3.05) is 10.6 Å². The number of aryl methyl sites for hydroxylation is 1. The quantitative estimate of drug-likeness (QED) is 0.384. The van der Waals surface area contributed by atoms with Crippen molar-refractivity contribution in [2.24, 2.45) is 0 Å². The van der Waals surface area contributed by atoms with Crippen LogP contribution in [0.1, 0.15) is 53.8 Å². The molecule has 0 unspecified atom stereocenters. The highest BCUT2D eigenvalue weighted by Crippen LogP contribution is 2.37. The van der Waals surface area contributed by atoms with Gasteiger partial charge in [0.25, 0.3) is 5.91 Å². The number of alkyl halides is 3. The molecule has 35 heavy (non-hydrogen) atoms. The Kier molecular flexibility index (Phi) is 7.43. The Morgan fingerprint density at radius 2 is 1.80 bits per heavy atom. The van der Waals surface area contributed by atoms with Gasteiger partial charge in [0.05, 0.1) is 23.6 Å². The number of anilines is 2. The molecule has 9 heteroatoms. The van der Waals surface area contributed by atoms with Crippen molar-refractivity contribution in [3.8, 4) is 5.75 Å². The van der Waals surface area contributed by atoms with E-state index in [1.165, 1.54) is 24.5 Å². The molecule has 1 saturated carbocycles. The molecule has 0 saturated heterocycles. The van der Waals surface area contributed by atoms with Crippen LogP contribution in [0.4, 0.5) is 24.5 Å². The molecule has 4 rings (SSSR count). The van der Waals surface area contributed by atoms with Crippen LogP contribution in [-0.4, -0.2) is 17.9 Å². The van der Waals surface area contributed by atoms with Crippen LogP contribution in [0, 0.1) is 0 Å². The maximum atomic E-state index is 13.7. The van der Waals surface area contributed by atoms with Crippen molar-refractivity contribution < 1.29 is 31.9 Å². The first-order valence-electron chi connectivity index (χ1n) is 11.4. The lowest BCUT2D eigenvalue weighted by Gasteiger charge is -2.16. The molecule has 184 valence electrons. The smallest absolute Gasteiger partial charge is 0.418 e. The van der Waals surface area contributed by atoms with Crippen molar-refractivity contribution in [1.29, 1.82) is 0 Å².